The smallest absolute Gasteiger partial charge is 0.270 e. The van der Waals surface area contributed by atoms with Crippen LogP contribution in [0.3, 0.4) is 0 Å². The Morgan fingerprint density at radius 2 is 2.26 bits per heavy atom. The number of rotatable bonds is 8. The summed E-state index contributed by atoms with van der Waals surface area (Å²) in [6, 6.07) is 4.80. The molecule has 1 aromatic rings. The summed E-state index contributed by atoms with van der Waals surface area (Å²) in [6.07, 6.45) is 3.71. The average molecular weight is 264 g/mol. The third kappa shape index (κ3) is 4.21. The summed E-state index contributed by atoms with van der Waals surface area (Å²) in [7, 11) is 0. The lowest BCUT2D eigenvalue weighted by molar-refractivity contribution is -0.384. The Bertz CT molecular complexity index is 444. The Labute approximate surface area is 113 Å². The molecule has 0 saturated heterocycles. The van der Waals surface area contributed by atoms with Crippen LogP contribution in [0.2, 0.25) is 0 Å². The Morgan fingerprint density at radius 1 is 1.47 bits per heavy atom. The van der Waals surface area contributed by atoms with Crippen molar-refractivity contribution in [1.29, 1.82) is 0 Å². The van der Waals surface area contributed by atoms with Crippen molar-refractivity contribution in [3.63, 3.8) is 0 Å². The third-order valence-corrected chi connectivity index (χ3v) is 3.30. The molecule has 0 bridgehead atoms. The van der Waals surface area contributed by atoms with Gasteiger partial charge in [-0.15, -0.1) is 0 Å². The molecule has 0 unspecified atom stereocenters. The summed E-state index contributed by atoms with van der Waals surface area (Å²) in [5, 5.41) is 14.0. The minimum absolute atomic E-state index is 0.113. The van der Waals surface area contributed by atoms with Crippen LogP contribution in [0.4, 0.5) is 5.69 Å². The maximum atomic E-state index is 10.8. The predicted octanol–water partition coefficient (Wildman–Crippen LogP) is 2.88. The fourth-order valence-electron chi connectivity index (χ4n) is 1.96. The molecule has 2 rings (SSSR count). The SMILES string of the molecule is CCNCc1cc([N+](=O)[O-])ccc1OCCC1CC1. The number of nitro groups is 1. The molecule has 0 heterocycles. The van der Waals surface area contributed by atoms with Gasteiger partial charge < -0.3 is 10.1 Å². The van der Waals surface area contributed by atoms with Gasteiger partial charge in [-0.05, 0) is 24.9 Å². The molecule has 1 N–H and O–H groups in total. The molecule has 0 aromatic heterocycles. The van der Waals surface area contributed by atoms with Gasteiger partial charge in [0.25, 0.3) is 5.69 Å². The van der Waals surface area contributed by atoms with E-state index in [1.165, 1.54) is 18.9 Å². The second kappa shape index (κ2) is 6.52. The van der Waals surface area contributed by atoms with E-state index >= 15 is 0 Å². The zero-order chi connectivity index (χ0) is 13.7. The van der Waals surface area contributed by atoms with E-state index in [4.69, 9.17) is 4.74 Å². The molecule has 1 saturated carbocycles. The molecular weight excluding hydrogens is 244 g/mol. The Balaban J connectivity index is 2.02. The van der Waals surface area contributed by atoms with E-state index in [1.807, 2.05) is 6.92 Å². The van der Waals surface area contributed by atoms with Crippen molar-refractivity contribution in [1.82, 2.24) is 5.32 Å². The summed E-state index contributed by atoms with van der Waals surface area (Å²) in [5.74, 6) is 1.59. The minimum Gasteiger partial charge on any atom is -0.493 e. The number of ether oxygens (including phenoxy) is 1. The maximum absolute atomic E-state index is 10.8. The first-order valence-electron chi connectivity index (χ1n) is 6.81. The molecule has 1 fully saturated rings. The van der Waals surface area contributed by atoms with Crippen LogP contribution in [0.25, 0.3) is 0 Å². The van der Waals surface area contributed by atoms with Gasteiger partial charge in [0.2, 0.25) is 0 Å². The van der Waals surface area contributed by atoms with Gasteiger partial charge in [0.05, 0.1) is 11.5 Å². The minimum atomic E-state index is -0.372. The lowest BCUT2D eigenvalue weighted by atomic mass is 10.1. The summed E-state index contributed by atoms with van der Waals surface area (Å²) in [5.41, 5.74) is 0.967. The van der Waals surface area contributed by atoms with E-state index in [9.17, 15) is 10.1 Å². The highest BCUT2D eigenvalue weighted by Gasteiger charge is 2.21. The number of nitrogens with one attached hydrogen (secondary N) is 1. The molecule has 0 radical (unpaired) electrons. The van der Waals surface area contributed by atoms with Crippen molar-refractivity contribution in [2.75, 3.05) is 13.2 Å². The van der Waals surface area contributed by atoms with Crippen LogP contribution < -0.4 is 10.1 Å². The van der Waals surface area contributed by atoms with Gasteiger partial charge in [0.1, 0.15) is 5.75 Å². The van der Waals surface area contributed by atoms with Gasteiger partial charge in [-0.25, -0.2) is 0 Å². The van der Waals surface area contributed by atoms with Gasteiger partial charge in [-0.3, -0.25) is 10.1 Å². The zero-order valence-corrected chi connectivity index (χ0v) is 11.2. The van der Waals surface area contributed by atoms with Crippen molar-refractivity contribution < 1.29 is 9.66 Å². The van der Waals surface area contributed by atoms with Crippen LogP contribution in [0.15, 0.2) is 18.2 Å². The quantitative estimate of drug-likeness (QED) is 0.579. The highest BCUT2D eigenvalue weighted by atomic mass is 16.6. The van der Waals surface area contributed by atoms with Crippen LogP contribution in [-0.4, -0.2) is 18.1 Å². The van der Waals surface area contributed by atoms with E-state index in [-0.39, 0.29) is 10.6 Å². The normalized spacial score (nSPS) is 14.4. The third-order valence-electron chi connectivity index (χ3n) is 3.30. The molecule has 1 aliphatic carbocycles. The average Bonchev–Trinajstić information content (AvgIpc) is 3.21. The monoisotopic (exact) mass is 264 g/mol. The molecule has 0 atom stereocenters. The van der Waals surface area contributed by atoms with Crippen molar-refractivity contribution in [2.24, 2.45) is 5.92 Å². The highest BCUT2D eigenvalue weighted by Crippen LogP contribution is 2.32. The topological polar surface area (TPSA) is 64.4 Å². The molecule has 5 nitrogen and oxygen atoms in total. The highest BCUT2D eigenvalue weighted by molar-refractivity contribution is 5.43. The van der Waals surface area contributed by atoms with Crippen molar-refractivity contribution in [3.05, 3.63) is 33.9 Å². The molecule has 0 spiro atoms. The van der Waals surface area contributed by atoms with E-state index in [2.05, 4.69) is 5.32 Å². The molecule has 104 valence electrons. The van der Waals surface area contributed by atoms with E-state index in [0.29, 0.717) is 13.2 Å². The van der Waals surface area contributed by atoms with Gasteiger partial charge >= 0.3 is 0 Å². The molecule has 1 aromatic carbocycles. The molecule has 0 aliphatic heterocycles. The van der Waals surface area contributed by atoms with Crippen LogP contribution in [0.1, 0.15) is 31.7 Å². The Morgan fingerprint density at radius 3 is 2.89 bits per heavy atom. The molecule has 1 aliphatic rings. The van der Waals surface area contributed by atoms with Crippen LogP contribution in [-0.2, 0) is 6.54 Å². The zero-order valence-electron chi connectivity index (χ0n) is 11.2. The Hall–Kier alpha value is -1.62. The van der Waals surface area contributed by atoms with E-state index < -0.39 is 0 Å². The van der Waals surface area contributed by atoms with Gasteiger partial charge in [0, 0.05) is 24.2 Å². The van der Waals surface area contributed by atoms with Gasteiger partial charge in [-0.1, -0.05) is 19.8 Å². The van der Waals surface area contributed by atoms with Crippen molar-refractivity contribution >= 4 is 5.69 Å². The van der Waals surface area contributed by atoms with Crippen molar-refractivity contribution in [3.8, 4) is 5.75 Å². The maximum Gasteiger partial charge on any atom is 0.270 e. The second-order valence-corrected chi connectivity index (χ2v) is 4.91. The van der Waals surface area contributed by atoms with E-state index in [1.54, 1.807) is 12.1 Å². The van der Waals surface area contributed by atoms with Gasteiger partial charge in [0.15, 0.2) is 0 Å². The lowest BCUT2D eigenvalue weighted by Crippen LogP contribution is -2.13. The lowest BCUT2D eigenvalue weighted by Gasteiger charge is -2.11. The van der Waals surface area contributed by atoms with Crippen LogP contribution >= 0.6 is 0 Å². The fourth-order valence-corrected chi connectivity index (χ4v) is 1.96. The molecule has 5 heteroatoms. The standard InChI is InChI=1S/C14H20N2O3/c1-2-15-10-12-9-13(16(17)18)5-6-14(12)19-8-7-11-3-4-11/h5-6,9,11,15H,2-4,7-8,10H2,1H3. The molecular formula is C14H20N2O3. The first kappa shape index (κ1) is 13.8. The molecule has 0 amide bonds. The predicted molar refractivity (Wildman–Crippen MR) is 73.3 cm³/mol. The largest absolute Gasteiger partial charge is 0.493 e. The summed E-state index contributed by atoms with van der Waals surface area (Å²) < 4.78 is 5.76. The first-order chi connectivity index (χ1) is 9.20. The first-order valence-corrected chi connectivity index (χ1v) is 6.81. The van der Waals surface area contributed by atoms with Crippen LogP contribution in [0, 0.1) is 16.0 Å². The Kier molecular flexibility index (Phi) is 4.74. The van der Waals surface area contributed by atoms with E-state index in [0.717, 1.165) is 30.2 Å². The molecule has 19 heavy (non-hydrogen) atoms. The number of non-ortho nitro benzene ring substituents is 1. The van der Waals surface area contributed by atoms with Gasteiger partial charge in [-0.2, -0.15) is 0 Å². The second-order valence-electron chi connectivity index (χ2n) is 4.91. The number of nitrogens with zero attached hydrogens (tertiary/aromatic N) is 1. The van der Waals surface area contributed by atoms with Crippen molar-refractivity contribution in [2.45, 2.75) is 32.7 Å². The summed E-state index contributed by atoms with van der Waals surface area (Å²) >= 11 is 0. The van der Waals surface area contributed by atoms with Crippen LogP contribution in [0.5, 0.6) is 5.75 Å². The number of hydrogen-bond donors (Lipinski definition) is 1. The number of hydrogen-bond acceptors (Lipinski definition) is 4. The number of nitro benzene ring substituents is 1. The number of benzene rings is 1. The summed E-state index contributed by atoms with van der Waals surface area (Å²) in [4.78, 5) is 10.4. The fraction of sp³-hybridized carbons (Fsp3) is 0.571. The summed E-state index contributed by atoms with van der Waals surface area (Å²) in [6.45, 7) is 4.12.